The Hall–Kier alpha value is -0.970. The molecule has 0 amide bonds. The van der Waals surface area contributed by atoms with E-state index < -0.39 is 12.6 Å². The predicted octanol–water partition coefficient (Wildman–Crippen LogP) is 1.24. The first-order valence-electron chi connectivity index (χ1n) is 2.93. The molecule has 0 fully saturated rings. The normalized spacial score (nSPS) is 9.91. The van der Waals surface area contributed by atoms with E-state index in [9.17, 15) is 9.18 Å². The molecule has 5 heteroatoms. The highest BCUT2D eigenvalue weighted by atomic mass is 32.1. The van der Waals surface area contributed by atoms with Gasteiger partial charge < -0.3 is 5.11 Å². The second-order valence-corrected chi connectivity index (χ2v) is 3.12. The molecule has 0 unspecified atom stereocenters. The van der Waals surface area contributed by atoms with E-state index >= 15 is 0 Å². The Morgan fingerprint density at radius 1 is 1.82 bits per heavy atom. The second kappa shape index (κ2) is 3.43. The number of aromatic nitrogens is 1. The quantitative estimate of drug-likeness (QED) is 0.751. The van der Waals surface area contributed by atoms with Gasteiger partial charge >= 0.3 is 5.97 Å². The van der Waals surface area contributed by atoms with E-state index in [1.165, 1.54) is 6.20 Å². The van der Waals surface area contributed by atoms with Crippen molar-refractivity contribution in [2.75, 3.05) is 0 Å². The van der Waals surface area contributed by atoms with E-state index in [4.69, 9.17) is 5.11 Å². The summed E-state index contributed by atoms with van der Waals surface area (Å²) in [4.78, 5) is 14.4. The van der Waals surface area contributed by atoms with Crippen molar-refractivity contribution < 1.29 is 14.3 Å². The second-order valence-electron chi connectivity index (χ2n) is 1.92. The third-order valence-electron chi connectivity index (χ3n) is 1.04. The van der Waals surface area contributed by atoms with Crippen LogP contribution in [0.25, 0.3) is 0 Å². The SMILES string of the molecule is O=C(O)Cc1cnc(CF)s1. The molecule has 0 aliphatic heterocycles. The van der Waals surface area contributed by atoms with Gasteiger partial charge in [-0.3, -0.25) is 4.79 Å². The van der Waals surface area contributed by atoms with E-state index in [0.717, 1.165) is 11.3 Å². The van der Waals surface area contributed by atoms with Crippen molar-refractivity contribution in [2.45, 2.75) is 13.1 Å². The van der Waals surface area contributed by atoms with Gasteiger partial charge in [0.1, 0.15) is 11.7 Å². The topological polar surface area (TPSA) is 50.2 Å². The van der Waals surface area contributed by atoms with Crippen LogP contribution in [0.2, 0.25) is 0 Å². The molecule has 0 bridgehead atoms. The van der Waals surface area contributed by atoms with Gasteiger partial charge in [0.25, 0.3) is 0 Å². The maximum atomic E-state index is 11.9. The zero-order valence-electron chi connectivity index (χ0n) is 5.58. The van der Waals surface area contributed by atoms with Crippen LogP contribution in [0.1, 0.15) is 9.88 Å². The summed E-state index contributed by atoms with van der Waals surface area (Å²) in [5, 5.41) is 8.67. The fourth-order valence-corrected chi connectivity index (χ4v) is 1.40. The van der Waals surface area contributed by atoms with Gasteiger partial charge in [0.15, 0.2) is 0 Å². The minimum absolute atomic E-state index is 0.0718. The van der Waals surface area contributed by atoms with Gasteiger partial charge in [-0.15, -0.1) is 11.3 Å². The van der Waals surface area contributed by atoms with Crippen LogP contribution < -0.4 is 0 Å². The molecular weight excluding hydrogens is 169 g/mol. The highest BCUT2D eigenvalue weighted by molar-refractivity contribution is 7.11. The molecule has 0 aliphatic rings. The largest absolute Gasteiger partial charge is 0.481 e. The maximum Gasteiger partial charge on any atom is 0.308 e. The fourth-order valence-electron chi connectivity index (χ4n) is 0.641. The molecule has 0 radical (unpaired) electrons. The highest BCUT2D eigenvalue weighted by Gasteiger charge is 2.04. The third-order valence-corrected chi connectivity index (χ3v) is 2.00. The molecule has 1 aromatic heterocycles. The molecule has 0 saturated carbocycles. The van der Waals surface area contributed by atoms with Crippen LogP contribution in [0.15, 0.2) is 6.20 Å². The number of halogens is 1. The van der Waals surface area contributed by atoms with Crippen LogP contribution in [0.5, 0.6) is 0 Å². The zero-order chi connectivity index (χ0) is 8.27. The molecule has 11 heavy (non-hydrogen) atoms. The van der Waals surface area contributed by atoms with E-state index in [1.54, 1.807) is 0 Å². The molecule has 1 aromatic rings. The summed E-state index contributed by atoms with van der Waals surface area (Å²) in [6.45, 7) is -0.621. The number of hydrogen-bond donors (Lipinski definition) is 1. The van der Waals surface area contributed by atoms with Crippen molar-refractivity contribution in [1.29, 1.82) is 0 Å². The minimum atomic E-state index is -0.918. The van der Waals surface area contributed by atoms with Crippen molar-refractivity contribution >= 4 is 17.3 Å². The average Bonchev–Trinajstić information content (AvgIpc) is 2.34. The third kappa shape index (κ3) is 2.27. The lowest BCUT2D eigenvalue weighted by Gasteiger charge is -1.85. The summed E-state index contributed by atoms with van der Waals surface area (Å²) < 4.78 is 11.9. The van der Waals surface area contributed by atoms with Gasteiger partial charge in [0.05, 0.1) is 6.42 Å². The van der Waals surface area contributed by atoms with E-state index in [0.29, 0.717) is 9.88 Å². The maximum absolute atomic E-state index is 11.9. The van der Waals surface area contributed by atoms with Gasteiger partial charge in [-0.25, -0.2) is 9.37 Å². The molecule has 3 nitrogen and oxygen atoms in total. The lowest BCUT2D eigenvalue weighted by molar-refractivity contribution is -0.136. The lowest BCUT2D eigenvalue weighted by atomic mass is 10.4. The van der Waals surface area contributed by atoms with Crippen molar-refractivity contribution in [1.82, 2.24) is 4.98 Å². The van der Waals surface area contributed by atoms with Crippen molar-refractivity contribution in [3.63, 3.8) is 0 Å². The number of alkyl halides is 1. The number of carbonyl (C=O) groups is 1. The van der Waals surface area contributed by atoms with Gasteiger partial charge in [-0.05, 0) is 0 Å². The fraction of sp³-hybridized carbons (Fsp3) is 0.333. The Kier molecular flexibility index (Phi) is 2.53. The van der Waals surface area contributed by atoms with Crippen LogP contribution in [0.4, 0.5) is 4.39 Å². The molecule has 1 rings (SSSR count). The summed E-state index contributed by atoms with van der Waals surface area (Å²) in [6, 6.07) is 0. The van der Waals surface area contributed by atoms with Crippen LogP contribution >= 0.6 is 11.3 Å². The summed E-state index contributed by atoms with van der Waals surface area (Å²) in [7, 11) is 0. The Labute approximate surface area is 66.5 Å². The Bertz CT molecular complexity index is 261. The molecule has 1 N–H and O–H groups in total. The lowest BCUT2D eigenvalue weighted by Crippen LogP contribution is -1.97. The smallest absolute Gasteiger partial charge is 0.308 e. The molecular formula is C6H6FNO2S. The summed E-state index contributed by atoms with van der Waals surface area (Å²) in [5.41, 5.74) is 0. The number of nitrogens with zero attached hydrogens (tertiary/aromatic N) is 1. The van der Waals surface area contributed by atoms with E-state index in [2.05, 4.69) is 4.98 Å². The Morgan fingerprint density at radius 2 is 2.55 bits per heavy atom. The Balaban J connectivity index is 2.65. The number of rotatable bonds is 3. The minimum Gasteiger partial charge on any atom is -0.481 e. The summed E-state index contributed by atoms with van der Waals surface area (Å²) in [5.74, 6) is -0.918. The first-order valence-corrected chi connectivity index (χ1v) is 3.75. The number of carboxylic acid groups (broad SMARTS) is 1. The predicted molar refractivity (Wildman–Crippen MR) is 38.3 cm³/mol. The monoisotopic (exact) mass is 175 g/mol. The van der Waals surface area contributed by atoms with E-state index in [-0.39, 0.29) is 6.42 Å². The number of thiazole rings is 1. The molecule has 0 aromatic carbocycles. The highest BCUT2D eigenvalue weighted by Crippen LogP contribution is 2.13. The van der Waals surface area contributed by atoms with Gasteiger partial charge in [0, 0.05) is 11.1 Å². The van der Waals surface area contributed by atoms with Crippen LogP contribution in [0, 0.1) is 0 Å². The van der Waals surface area contributed by atoms with Crippen molar-refractivity contribution in [3.05, 3.63) is 16.1 Å². The van der Waals surface area contributed by atoms with Gasteiger partial charge in [-0.1, -0.05) is 0 Å². The first-order chi connectivity index (χ1) is 5.22. The van der Waals surface area contributed by atoms with Crippen molar-refractivity contribution in [2.24, 2.45) is 0 Å². The molecule has 0 saturated heterocycles. The summed E-state index contributed by atoms with van der Waals surface area (Å²) >= 11 is 1.09. The van der Waals surface area contributed by atoms with E-state index in [1.807, 2.05) is 0 Å². The average molecular weight is 175 g/mol. The van der Waals surface area contributed by atoms with Gasteiger partial charge in [0.2, 0.25) is 0 Å². The first kappa shape index (κ1) is 8.13. The number of aliphatic carboxylic acids is 1. The number of hydrogen-bond acceptors (Lipinski definition) is 3. The van der Waals surface area contributed by atoms with Crippen LogP contribution in [-0.2, 0) is 17.9 Å². The van der Waals surface area contributed by atoms with Crippen molar-refractivity contribution in [3.8, 4) is 0 Å². The Morgan fingerprint density at radius 3 is 3.00 bits per heavy atom. The van der Waals surface area contributed by atoms with Crippen LogP contribution in [-0.4, -0.2) is 16.1 Å². The molecule has 60 valence electrons. The molecule has 0 spiro atoms. The summed E-state index contributed by atoms with van der Waals surface area (Å²) in [6.07, 6.45) is 1.32. The zero-order valence-corrected chi connectivity index (χ0v) is 6.40. The standard InChI is InChI=1S/C6H6FNO2S/c7-2-5-8-3-4(11-5)1-6(9)10/h3H,1-2H2,(H,9,10). The molecule has 0 atom stereocenters. The molecule has 1 heterocycles. The number of carboxylic acids is 1. The molecule has 0 aliphatic carbocycles. The van der Waals surface area contributed by atoms with Crippen LogP contribution in [0.3, 0.4) is 0 Å². The van der Waals surface area contributed by atoms with Gasteiger partial charge in [-0.2, -0.15) is 0 Å².